The van der Waals surface area contributed by atoms with Crippen molar-refractivity contribution in [3.63, 3.8) is 0 Å². The molecule has 0 saturated carbocycles. The van der Waals surface area contributed by atoms with Gasteiger partial charge in [-0.05, 0) is 36.8 Å². The first-order valence-electron chi connectivity index (χ1n) is 11.3. The van der Waals surface area contributed by atoms with Gasteiger partial charge in [-0.25, -0.2) is 18.5 Å². The molecule has 186 valence electrons. The quantitative estimate of drug-likeness (QED) is 0.622. The number of aromatic nitrogens is 1. The van der Waals surface area contributed by atoms with Crippen LogP contribution < -0.4 is 10.4 Å². The third-order valence-corrected chi connectivity index (χ3v) is 6.34. The Hall–Kier alpha value is -3.60. The highest BCUT2D eigenvalue weighted by atomic mass is 19.1. The lowest BCUT2D eigenvalue weighted by molar-refractivity contribution is -0.118. The molecule has 0 unspecified atom stereocenters. The molecule has 9 nitrogen and oxygen atoms in total. The highest BCUT2D eigenvalue weighted by Crippen LogP contribution is 2.25. The van der Waals surface area contributed by atoms with Crippen LogP contribution in [0.2, 0.25) is 0 Å². The monoisotopic (exact) mass is 489 g/mol. The maximum Gasteiger partial charge on any atom is 0.277 e. The van der Waals surface area contributed by atoms with Crippen molar-refractivity contribution >= 4 is 17.6 Å². The number of nitrogens with zero attached hydrogens (tertiary/aromatic N) is 3. The molecule has 1 N–H and O–H groups in total. The van der Waals surface area contributed by atoms with Gasteiger partial charge in [-0.2, -0.15) is 0 Å². The zero-order chi connectivity index (χ0) is 25.3. The lowest BCUT2D eigenvalue weighted by Gasteiger charge is -2.39. The molecule has 4 rings (SSSR count). The van der Waals surface area contributed by atoms with Crippen molar-refractivity contribution in [3.05, 3.63) is 63.1 Å². The van der Waals surface area contributed by atoms with Crippen molar-refractivity contribution in [2.75, 3.05) is 31.4 Å². The fourth-order valence-corrected chi connectivity index (χ4v) is 4.36. The van der Waals surface area contributed by atoms with Crippen LogP contribution in [0.1, 0.15) is 52.6 Å². The van der Waals surface area contributed by atoms with Gasteiger partial charge >= 0.3 is 0 Å². The summed E-state index contributed by atoms with van der Waals surface area (Å²) in [5, 5.41) is 11.8. The first kappa shape index (κ1) is 24.5. The summed E-state index contributed by atoms with van der Waals surface area (Å²) in [7, 11) is 0. The number of halogens is 2. The average molecular weight is 489 g/mol. The zero-order valence-electron chi connectivity index (χ0n) is 19.1. The molecule has 2 aliphatic rings. The molecular formula is C24H25F2N3O6. The number of pyridine rings is 1. The molecular weight excluding hydrogens is 464 g/mol. The summed E-state index contributed by atoms with van der Waals surface area (Å²) in [6.07, 6.45) is 2.13. The van der Waals surface area contributed by atoms with Gasteiger partial charge in [-0.3, -0.25) is 19.2 Å². The van der Waals surface area contributed by atoms with Crippen LogP contribution in [0.15, 0.2) is 29.2 Å². The van der Waals surface area contributed by atoms with Crippen LogP contribution in [0.4, 0.5) is 8.78 Å². The maximum atomic E-state index is 13.9. The standard InChI is InChI=1S/C24H25F2N3O6/c1-14(30)29-13-27(11-15-6-8-35-9-7-15)24(34)21-23(33)22(32)18(12-28(21)29)20(31)5-3-16-2-4-17(25)10-19(16)26/h2,4,10,12,15,33H,3,5-9,11,13H2,1H3. The van der Waals surface area contributed by atoms with Gasteiger partial charge in [0.1, 0.15) is 18.3 Å². The molecule has 2 amide bonds. The SMILES string of the molecule is CC(=O)N1CN(CC2CCOCC2)C(=O)c2c(O)c(=O)c(C(=O)CCc3ccc(F)cc3F)cn21. The number of carbonyl (C=O) groups excluding carboxylic acids is 3. The van der Waals surface area contributed by atoms with Crippen LogP contribution in [0.5, 0.6) is 5.75 Å². The normalized spacial score (nSPS) is 16.4. The van der Waals surface area contributed by atoms with Crippen LogP contribution in [0.25, 0.3) is 0 Å². The van der Waals surface area contributed by atoms with Crippen molar-refractivity contribution in [3.8, 4) is 5.75 Å². The fourth-order valence-electron chi connectivity index (χ4n) is 4.36. The molecule has 1 fully saturated rings. The van der Waals surface area contributed by atoms with Crippen LogP contribution in [-0.4, -0.2) is 58.7 Å². The van der Waals surface area contributed by atoms with Gasteiger partial charge in [0.05, 0.1) is 5.56 Å². The molecule has 35 heavy (non-hydrogen) atoms. The lowest BCUT2D eigenvalue weighted by Crippen LogP contribution is -2.57. The zero-order valence-corrected chi connectivity index (χ0v) is 19.1. The topological polar surface area (TPSA) is 109 Å². The van der Waals surface area contributed by atoms with Crippen molar-refractivity contribution in [1.82, 2.24) is 9.58 Å². The maximum absolute atomic E-state index is 13.9. The van der Waals surface area contributed by atoms with Crippen LogP contribution >= 0.6 is 0 Å². The molecule has 1 aromatic heterocycles. The minimum Gasteiger partial charge on any atom is -0.502 e. The van der Waals surface area contributed by atoms with Crippen LogP contribution in [0, 0.1) is 17.6 Å². The lowest BCUT2D eigenvalue weighted by atomic mass is 9.99. The second-order valence-corrected chi connectivity index (χ2v) is 8.72. The predicted octanol–water partition coefficient (Wildman–Crippen LogP) is 1.97. The number of ether oxygens (including phenoxy) is 1. The first-order valence-corrected chi connectivity index (χ1v) is 11.3. The summed E-state index contributed by atoms with van der Waals surface area (Å²) in [4.78, 5) is 52.6. The third-order valence-electron chi connectivity index (χ3n) is 6.34. The second-order valence-electron chi connectivity index (χ2n) is 8.72. The Labute approximate surface area is 199 Å². The molecule has 1 aromatic carbocycles. The van der Waals surface area contributed by atoms with Crippen molar-refractivity contribution in [2.24, 2.45) is 5.92 Å². The van der Waals surface area contributed by atoms with Crippen molar-refractivity contribution < 1.29 is 33.0 Å². The molecule has 0 atom stereocenters. The van der Waals surface area contributed by atoms with Gasteiger partial charge in [0.15, 0.2) is 17.2 Å². The molecule has 0 aliphatic carbocycles. The minimum absolute atomic E-state index is 0.0892. The summed E-state index contributed by atoms with van der Waals surface area (Å²) < 4.78 is 33.4. The largest absolute Gasteiger partial charge is 0.502 e. The predicted molar refractivity (Wildman–Crippen MR) is 120 cm³/mol. The molecule has 11 heteroatoms. The van der Waals surface area contributed by atoms with Crippen LogP contribution in [0.3, 0.4) is 0 Å². The van der Waals surface area contributed by atoms with Gasteiger partial charge in [-0.15, -0.1) is 0 Å². The van der Waals surface area contributed by atoms with E-state index in [0.29, 0.717) is 25.8 Å². The summed E-state index contributed by atoms with van der Waals surface area (Å²) in [6, 6.07) is 2.96. The van der Waals surface area contributed by atoms with Crippen molar-refractivity contribution in [2.45, 2.75) is 32.6 Å². The number of rotatable bonds is 6. The Balaban J connectivity index is 1.63. The number of aryl methyl sites for hydroxylation is 1. The molecule has 0 bridgehead atoms. The number of Topliss-reactive ketones (excluding diaryl/α,β-unsaturated/α-hetero) is 1. The molecule has 0 spiro atoms. The van der Waals surface area contributed by atoms with Crippen molar-refractivity contribution in [1.29, 1.82) is 0 Å². The minimum atomic E-state index is -1.05. The number of ketones is 1. The summed E-state index contributed by atoms with van der Waals surface area (Å²) in [5.74, 6) is -4.17. The molecule has 2 aromatic rings. The highest BCUT2D eigenvalue weighted by Gasteiger charge is 2.36. The van der Waals surface area contributed by atoms with E-state index in [2.05, 4.69) is 0 Å². The third kappa shape index (κ3) is 4.95. The van der Waals surface area contributed by atoms with Gasteiger partial charge in [-0.1, -0.05) is 6.07 Å². The Kier molecular flexibility index (Phi) is 6.97. The Morgan fingerprint density at radius 3 is 2.54 bits per heavy atom. The van der Waals surface area contributed by atoms with Gasteiger partial charge in [0, 0.05) is 45.4 Å². The Morgan fingerprint density at radius 2 is 1.89 bits per heavy atom. The van der Waals surface area contributed by atoms with Crippen LogP contribution in [-0.2, 0) is 16.0 Å². The van der Waals surface area contributed by atoms with E-state index < -0.39 is 51.7 Å². The summed E-state index contributed by atoms with van der Waals surface area (Å²) in [5.41, 5.74) is -1.80. The number of aromatic hydroxyl groups is 1. The number of amides is 2. The first-order chi connectivity index (χ1) is 16.7. The Bertz CT molecular complexity index is 1240. The van der Waals surface area contributed by atoms with E-state index >= 15 is 0 Å². The van der Waals surface area contributed by atoms with E-state index in [-0.39, 0.29) is 31.0 Å². The number of hydrogen-bond acceptors (Lipinski definition) is 6. The van der Waals surface area contributed by atoms with Gasteiger partial charge in [0.2, 0.25) is 11.3 Å². The van der Waals surface area contributed by atoms with Gasteiger partial charge in [0.25, 0.3) is 5.91 Å². The number of benzene rings is 1. The average Bonchev–Trinajstić information content (AvgIpc) is 2.82. The number of hydrogen-bond donors (Lipinski definition) is 1. The highest BCUT2D eigenvalue weighted by molar-refractivity contribution is 6.01. The molecule has 3 heterocycles. The summed E-state index contributed by atoms with van der Waals surface area (Å²) >= 11 is 0. The van der Waals surface area contributed by atoms with E-state index in [4.69, 9.17) is 4.74 Å². The van der Waals surface area contributed by atoms with E-state index in [9.17, 15) is 33.1 Å². The molecule has 2 aliphatic heterocycles. The summed E-state index contributed by atoms with van der Waals surface area (Å²) in [6.45, 7) is 2.61. The fraction of sp³-hybridized carbons (Fsp3) is 0.417. The van der Waals surface area contributed by atoms with E-state index in [1.54, 1.807) is 0 Å². The van der Waals surface area contributed by atoms with E-state index in [1.165, 1.54) is 17.9 Å². The Morgan fingerprint density at radius 1 is 1.17 bits per heavy atom. The number of carbonyl (C=O) groups is 3. The van der Waals surface area contributed by atoms with Gasteiger partial charge < -0.3 is 14.7 Å². The van der Waals surface area contributed by atoms with E-state index in [1.807, 2.05) is 0 Å². The molecule has 0 radical (unpaired) electrons. The van der Waals surface area contributed by atoms with E-state index in [0.717, 1.165) is 34.8 Å². The second kappa shape index (κ2) is 9.95. The smallest absolute Gasteiger partial charge is 0.277 e. The number of fused-ring (bicyclic) bond motifs is 1. The molecule has 1 saturated heterocycles.